The maximum absolute atomic E-state index is 12.7. The van der Waals surface area contributed by atoms with Crippen molar-refractivity contribution >= 4 is 22.9 Å². The van der Waals surface area contributed by atoms with E-state index < -0.39 is 0 Å². The summed E-state index contributed by atoms with van der Waals surface area (Å²) in [5.41, 5.74) is 2.90. The van der Waals surface area contributed by atoms with Crippen LogP contribution in [0, 0.1) is 6.92 Å². The van der Waals surface area contributed by atoms with E-state index in [1.165, 1.54) is 10.4 Å². The van der Waals surface area contributed by atoms with Crippen LogP contribution in [0.15, 0.2) is 35.7 Å². The summed E-state index contributed by atoms with van der Waals surface area (Å²) in [4.78, 5) is 15.7. The number of thiophene rings is 1. The molecular weight excluding hydrogens is 280 g/mol. The van der Waals surface area contributed by atoms with Crippen molar-refractivity contribution < 1.29 is 4.79 Å². The van der Waals surface area contributed by atoms with Crippen molar-refractivity contribution in [3.8, 4) is 0 Å². The van der Waals surface area contributed by atoms with Gasteiger partial charge in [-0.1, -0.05) is 19.1 Å². The lowest BCUT2D eigenvalue weighted by atomic mass is 10.1. The third-order valence-corrected chi connectivity index (χ3v) is 4.43. The highest BCUT2D eigenvalue weighted by atomic mass is 32.1. The first kappa shape index (κ1) is 15.6. The number of nitrogens with one attached hydrogen (secondary N) is 1. The fraction of sp³-hybridized carbons (Fsp3) is 0.353. The molecule has 21 heavy (non-hydrogen) atoms. The molecule has 0 aliphatic rings. The average molecular weight is 302 g/mol. The molecular formula is C17H22N2OS. The summed E-state index contributed by atoms with van der Waals surface area (Å²) in [6.45, 7) is 5.73. The third kappa shape index (κ3) is 3.85. The molecule has 0 unspecified atom stereocenters. The van der Waals surface area contributed by atoms with E-state index in [1.54, 1.807) is 16.2 Å². The topological polar surface area (TPSA) is 32.3 Å². The number of aryl methyl sites for hydroxylation is 1. The van der Waals surface area contributed by atoms with E-state index in [4.69, 9.17) is 0 Å². The molecule has 0 aliphatic carbocycles. The summed E-state index contributed by atoms with van der Waals surface area (Å²) in [6.07, 6.45) is 1.03. The molecule has 4 heteroatoms. The zero-order valence-corrected chi connectivity index (χ0v) is 13.7. The molecule has 0 fully saturated rings. The van der Waals surface area contributed by atoms with Crippen LogP contribution >= 0.6 is 11.3 Å². The Morgan fingerprint density at radius 1 is 1.29 bits per heavy atom. The molecule has 1 amide bonds. The van der Waals surface area contributed by atoms with E-state index in [2.05, 4.69) is 30.6 Å². The third-order valence-electron chi connectivity index (χ3n) is 3.42. The Bertz CT molecular complexity index is 606. The first-order chi connectivity index (χ1) is 10.1. The van der Waals surface area contributed by atoms with Crippen molar-refractivity contribution in [1.82, 2.24) is 4.90 Å². The molecule has 0 radical (unpaired) electrons. The maximum atomic E-state index is 12.7. The van der Waals surface area contributed by atoms with Crippen LogP contribution in [0.25, 0.3) is 0 Å². The van der Waals surface area contributed by atoms with Crippen molar-refractivity contribution in [3.05, 3.63) is 51.7 Å². The monoisotopic (exact) mass is 302 g/mol. The second-order valence-electron chi connectivity index (χ2n) is 5.16. The summed E-state index contributed by atoms with van der Waals surface area (Å²) in [7, 11) is 1.86. The predicted molar refractivity (Wildman–Crippen MR) is 90.1 cm³/mol. The summed E-state index contributed by atoms with van der Waals surface area (Å²) in [5, 5.41) is 5.39. The molecule has 1 N–H and O–H groups in total. The van der Waals surface area contributed by atoms with Crippen LogP contribution in [0.5, 0.6) is 0 Å². The van der Waals surface area contributed by atoms with Gasteiger partial charge in [0.1, 0.15) is 0 Å². The number of para-hydroxylation sites is 1. The number of hydrogen-bond acceptors (Lipinski definition) is 3. The second kappa shape index (κ2) is 7.27. The van der Waals surface area contributed by atoms with E-state index in [1.807, 2.05) is 31.3 Å². The van der Waals surface area contributed by atoms with E-state index in [0.29, 0.717) is 6.54 Å². The van der Waals surface area contributed by atoms with Gasteiger partial charge in [-0.25, -0.2) is 0 Å². The van der Waals surface area contributed by atoms with Crippen molar-refractivity contribution in [1.29, 1.82) is 0 Å². The van der Waals surface area contributed by atoms with Gasteiger partial charge in [0.05, 0.1) is 12.1 Å². The van der Waals surface area contributed by atoms with Gasteiger partial charge >= 0.3 is 0 Å². The van der Waals surface area contributed by atoms with Crippen molar-refractivity contribution in [2.75, 3.05) is 18.9 Å². The van der Waals surface area contributed by atoms with Gasteiger partial charge in [-0.05, 0) is 42.5 Å². The smallest absolute Gasteiger partial charge is 0.256 e. The molecule has 3 nitrogen and oxygen atoms in total. The molecule has 1 aromatic heterocycles. The van der Waals surface area contributed by atoms with Crippen LogP contribution in [0.2, 0.25) is 0 Å². The first-order valence-corrected chi connectivity index (χ1v) is 8.12. The molecule has 112 valence electrons. The summed E-state index contributed by atoms with van der Waals surface area (Å²) < 4.78 is 0. The van der Waals surface area contributed by atoms with E-state index in [-0.39, 0.29) is 5.91 Å². The summed E-state index contributed by atoms with van der Waals surface area (Å²) in [6, 6.07) is 9.81. The molecule has 0 bridgehead atoms. The number of carbonyl (C=O) groups is 1. The number of amides is 1. The molecule has 0 saturated carbocycles. The summed E-state index contributed by atoms with van der Waals surface area (Å²) in [5.74, 6) is 0.0574. The van der Waals surface area contributed by atoms with E-state index >= 15 is 0 Å². The van der Waals surface area contributed by atoms with Crippen molar-refractivity contribution in [2.45, 2.75) is 26.8 Å². The van der Waals surface area contributed by atoms with E-state index in [9.17, 15) is 4.79 Å². The second-order valence-corrected chi connectivity index (χ2v) is 6.16. The molecule has 0 saturated heterocycles. The molecule has 0 spiro atoms. The molecule has 0 atom stereocenters. The lowest BCUT2D eigenvalue weighted by molar-refractivity contribution is 0.0787. The van der Waals surface area contributed by atoms with Crippen LogP contribution in [0.1, 0.15) is 34.1 Å². The zero-order valence-electron chi connectivity index (χ0n) is 12.8. The highest BCUT2D eigenvalue weighted by molar-refractivity contribution is 7.10. The van der Waals surface area contributed by atoms with Crippen LogP contribution in [-0.4, -0.2) is 24.4 Å². The fourth-order valence-electron chi connectivity index (χ4n) is 2.14. The van der Waals surface area contributed by atoms with Crippen molar-refractivity contribution in [3.63, 3.8) is 0 Å². The fourth-order valence-corrected chi connectivity index (χ4v) is 3.10. The minimum atomic E-state index is 0.0574. The van der Waals surface area contributed by atoms with Gasteiger partial charge in [-0.15, -0.1) is 11.3 Å². The first-order valence-electron chi connectivity index (χ1n) is 7.24. The molecule has 2 rings (SSSR count). The Balaban J connectivity index is 2.13. The number of nitrogens with zero attached hydrogens (tertiary/aromatic N) is 1. The van der Waals surface area contributed by atoms with Crippen LogP contribution in [0.3, 0.4) is 0 Å². The van der Waals surface area contributed by atoms with Gasteiger partial charge in [-0.3, -0.25) is 4.79 Å². The Morgan fingerprint density at radius 2 is 2.05 bits per heavy atom. The maximum Gasteiger partial charge on any atom is 0.256 e. The number of rotatable bonds is 6. The normalized spacial score (nSPS) is 10.4. The molecule has 1 heterocycles. The molecule has 1 aromatic carbocycles. The number of benzene rings is 1. The zero-order chi connectivity index (χ0) is 15.2. The van der Waals surface area contributed by atoms with Crippen LogP contribution < -0.4 is 5.32 Å². The largest absolute Gasteiger partial charge is 0.384 e. The Labute approximate surface area is 130 Å². The summed E-state index contributed by atoms with van der Waals surface area (Å²) >= 11 is 1.70. The minimum Gasteiger partial charge on any atom is -0.384 e. The van der Waals surface area contributed by atoms with Gasteiger partial charge in [0.2, 0.25) is 0 Å². The highest BCUT2D eigenvalue weighted by Crippen LogP contribution is 2.21. The Hall–Kier alpha value is -1.81. The van der Waals surface area contributed by atoms with Gasteiger partial charge < -0.3 is 10.2 Å². The number of carbonyl (C=O) groups excluding carboxylic acids is 1. The minimum absolute atomic E-state index is 0.0574. The number of anilines is 1. The lowest BCUT2D eigenvalue weighted by Crippen LogP contribution is -2.27. The quantitative estimate of drug-likeness (QED) is 0.869. The van der Waals surface area contributed by atoms with Crippen LogP contribution in [0.4, 0.5) is 5.69 Å². The van der Waals surface area contributed by atoms with E-state index in [0.717, 1.165) is 24.2 Å². The SMILES string of the molecule is CCCNc1ccccc1C(=O)N(C)Cc1sccc1C. The van der Waals surface area contributed by atoms with Crippen molar-refractivity contribution in [2.24, 2.45) is 0 Å². The van der Waals surface area contributed by atoms with Gasteiger partial charge in [-0.2, -0.15) is 0 Å². The average Bonchev–Trinajstić information content (AvgIpc) is 2.90. The lowest BCUT2D eigenvalue weighted by Gasteiger charge is -2.19. The molecule has 0 aliphatic heterocycles. The predicted octanol–water partition coefficient (Wildman–Crippen LogP) is 4.15. The van der Waals surface area contributed by atoms with Gasteiger partial charge in [0, 0.05) is 24.2 Å². The van der Waals surface area contributed by atoms with Gasteiger partial charge in [0.25, 0.3) is 5.91 Å². The van der Waals surface area contributed by atoms with Crippen LogP contribution in [-0.2, 0) is 6.54 Å². The Kier molecular flexibility index (Phi) is 5.39. The highest BCUT2D eigenvalue weighted by Gasteiger charge is 2.16. The standard InChI is InChI=1S/C17H22N2OS/c1-4-10-18-15-8-6-5-7-14(15)17(20)19(3)12-16-13(2)9-11-21-16/h5-9,11,18H,4,10,12H2,1-3H3. The van der Waals surface area contributed by atoms with Gasteiger partial charge in [0.15, 0.2) is 0 Å². The molecule has 2 aromatic rings. The Morgan fingerprint density at radius 3 is 2.71 bits per heavy atom. The number of hydrogen-bond donors (Lipinski definition) is 1.